The number of hydrogen-bond donors (Lipinski definition) is 0. The Bertz CT molecular complexity index is 686. The van der Waals surface area contributed by atoms with E-state index in [4.69, 9.17) is 9.47 Å². The Morgan fingerprint density at radius 2 is 1.66 bits per heavy atom. The first kappa shape index (κ1) is 24.3. The molecular weight excluding hydrogens is 389 g/mol. The molecule has 1 atom stereocenters. The van der Waals surface area contributed by atoms with Gasteiger partial charge in [0, 0.05) is 11.6 Å². The molecule has 0 radical (unpaired) electrons. The lowest BCUT2D eigenvalue weighted by Crippen LogP contribution is -2.19. The van der Waals surface area contributed by atoms with Crippen LogP contribution in [0.4, 0.5) is 13.2 Å². The minimum absolute atomic E-state index is 0.372. The molecule has 8 heteroatoms. The summed E-state index contributed by atoms with van der Waals surface area (Å²) in [6.45, 7) is 6.02. The van der Waals surface area contributed by atoms with E-state index < -0.39 is 18.8 Å². The van der Waals surface area contributed by atoms with Crippen LogP contribution in [-0.2, 0) is 19.1 Å². The van der Waals surface area contributed by atoms with Crippen LogP contribution >= 0.6 is 0 Å². The van der Waals surface area contributed by atoms with E-state index in [1.165, 1.54) is 6.08 Å². The third kappa shape index (κ3) is 11.0. The van der Waals surface area contributed by atoms with Gasteiger partial charge < -0.3 is 14.2 Å². The summed E-state index contributed by atoms with van der Waals surface area (Å²) in [5, 5.41) is 0. The van der Waals surface area contributed by atoms with Crippen molar-refractivity contribution < 1.29 is 37.0 Å². The smallest absolute Gasteiger partial charge is 0.333 e. The Labute approximate surface area is 168 Å². The van der Waals surface area contributed by atoms with E-state index in [9.17, 15) is 22.8 Å². The van der Waals surface area contributed by atoms with Gasteiger partial charge >= 0.3 is 24.7 Å². The van der Waals surface area contributed by atoms with Crippen molar-refractivity contribution in [3.63, 3.8) is 0 Å². The number of benzene rings is 1. The molecule has 0 aliphatic heterocycles. The Hall–Kier alpha value is -2.77. The van der Waals surface area contributed by atoms with E-state index in [0.717, 1.165) is 31.8 Å². The Morgan fingerprint density at radius 1 is 1.03 bits per heavy atom. The van der Waals surface area contributed by atoms with Crippen molar-refractivity contribution in [3.8, 4) is 5.75 Å². The second-order valence-corrected chi connectivity index (χ2v) is 6.20. The number of unbranched alkanes of at least 4 members (excludes halogenated alkanes) is 3. The lowest BCUT2D eigenvalue weighted by Gasteiger charge is -2.07. The lowest BCUT2D eigenvalue weighted by molar-refractivity contribution is -0.168. The van der Waals surface area contributed by atoms with Crippen molar-refractivity contribution in [2.75, 3.05) is 13.2 Å². The standard InChI is InChI=1S/C21H25F3O5/c1-15(2)21(26)28-14-6-4-3-5-13-27-17-10-7-16(8-11-17)9-12-18(25)29-20(24)19(22)23/h7-12,19-20H,1,3-6,13-14H2,2H3/b12-9+. The molecule has 0 bridgehead atoms. The van der Waals surface area contributed by atoms with Gasteiger partial charge in [-0.05, 0) is 56.4 Å². The quantitative estimate of drug-likeness (QED) is 0.262. The monoisotopic (exact) mass is 414 g/mol. The van der Waals surface area contributed by atoms with Gasteiger partial charge in [-0.15, -0.1) is 0 Å². The molecule has 1 aromatic rings. The fraction of sp³-hybridized carbons (Fsp3) is 0.429. The number of alkyl halides is 3. The van der Waals surface area contributed by atoms with Gasteiger partial charge in [0.15, 0.2) is 0 Å². The number of halogens is 3. The summed E-state index contributed by atoms with van der Waals surface area (Å²) in [4.78, 5) is 22.4. The highest BCUT2D eigenvalue weighted by molar-refractivity contribution is 5.87. The van der Waals surface area contributed by atoms with Crippen molar-refractivity contribution in [2.24, 2.45) is 0 Å². The number of esters is 2. The molecule has 1 aromatic carbocycles. The zero-order valence-electron chi connectivity index (χ0n) is 16.2. The van der Waals surface area contributed by atoms with Crippen LogP contribution in [0.3, 0.4) is 0 Å². The highest BCUT2D eigenvalue weighted by Crippen LogP contribution is 2.14. The summed E-state index contributed by atoms with van der Waals surface area (Å²) in [5.41, 5.74) is 0.992. The second-order valence-electron chi connectivity index (χ2n) is 6.20. The van der Waals surface area contributed by atoms with Crippen LogP contribution in [0.1, 0.15) is 38.2 Å². The molecule has 0 aromatic heterocycles. The zero-order chi connectivity index (χ0) is 21.6. The third-order valence-corrected chi connectivity index (χ3v) is 3.61. The van der Waals surface area contributed by atoms with Crippen molar-refractivity contribution in [2.45, 2.75) is 45.4 Å². The van der Waals surface area contributed by atoms with Gasteiger partial charge in [-0.2, -0.15) is 4.39 Å². The Morgan fingerprint density at radius 3 is 2.24 bits per heavy atom. The topological polar surface area (TPSA) is 61.8 Å². The first-order valence-electron chi connectivity index (χ1n) is 9.16. The summed E-state index contributed by atoms with van der Waals surface area (Å²) in [7, 11) is 0. The van der Waals surface area contributed by atoms with E-state index in [0.29, 0.717) is 30.1 Å². The van der Waals surface area contributed by atoms with Crippen molar-refractivity contribution >= 4 is 18.0 Å². The summed E-state index contributed by atoms with van der Waals surface area (Å²) in [5.74, 6) is -0.919. The van der Waals surface area contributed by atoms with Crippen LogP contribution in [0.2, 0.25) is 0 Å². The van der Waals surface area contributed by atoms with Gasteiger partial charge in [0.25, 0.3) is 0 Å². The molecule has 0 saturated heterocycles. The van der Waals surface area contributed by atoms with E-state index in [-0.39, 0.29) is 5.97 Å². The molecule has 0 amide bonds. The van der Waals surface area contributed by atoms with Crippen molar-refractivity contribution in [1.29, 1.82) is 0 Å². The number of hydrogen-bond acceptors (Lipinski definition) is 5. The number of ether oxygens (including phenoxy) is 3. The minimum atomic E-state index is -3.37. The molecule has 0 spiro atoms. The van der Waals surface area contributed by atoms with Crippen molar-refractivity contribution in [3.05, 3.63) is 48.1 Å². The summed E-state index contributed by atoms with van der Waals surface area (Å²) in [6.07, 6.45) is -0.639. The normalized spacial score (nSPS) is 12.0. The average Bonchev–Trinajstić information content (AvgIpc) is 2.68. The molecule has 29 heavy (non-hydrogen) atoms. The maximum atomic E-state index is 12.6. The molecule has 0 fully saturated rings. The number of carbonyl (C=O) groups is 2. The lowest BCUT2D eigenvalue weighted by atomic mass is 10.2. The van der Waals surface area contributed by atoms with E-state index in [1.54, 1.807) is 31.2 Å². The molecule has 160 valence electrons. The van der Waals surface area contributed by atoms with E-state index >= 15 is 0 Å². The van der Waals surface area contributed by atoms with E-state index in [1.807, 2.05) is 0 Å². The minimum Gasteiger partial charge on any atom is -0.494 e. The molecule has 1 rings (SSSR count). The maximum Gasteiger partial charge on any atom is 0.333 e. The predicted octanol–water partition coefficient (Wildman–Crippen LogP) is 4.86. The van der Waals surface area contributed by atoms with Crippen molar-refractivity contribution in [1.82, 2.24) is 0 Å². The largest absolute Gasteiger partial charge is 0.494 e. The van der Waals surface area contributed by atoms with Gasteiger partial charge in [-0.3, -0.25) is 0 Å². The fourth-order valence-corrected chi connectivity index (χ4v) is 2.08. The number of carbonyl (C=O) groups excluding carboxylic acids is 2. The van der Waals surface area contributed by atoms with Gasteiger partial charge in [0.2, 0.25) is 0 Å². The fourth-order valence-electron chi connectivity index (χ4n) is 2.08. The Kier molecular flexibility index (Phi) is 11.2. The SMILES string of the molecule is C=C(C)C(=O)OCCCCCCOc1ccc(/C=C/C(=O)OC(F)C(F)F)cc1. The third-order valence-electron chi connectivity index (χ3n) is 3.61. The summed E-state index contributed by atoms with van der Waals surface area (Å²) >= 11 is 0. The summed E-state index contributed by atoms with van der Waals surface area (Å²) in [6, 6.07) is 6.71. The van der Waals surface area contributed by atoms with E-state index in [2.05, 4.69) is 11.3 Å². The zero-order valence-corrected chi connectivity index (χ0v) is 16.2. The van der Waals surface area contributed by atoms with Crippen LogP contribution in [0.15, 0.2) is 42.5 Å². The predicted molar refractivity (Wildman–Crippen MR) is 102 cm³/mol. The van der Waals surface area contributed by atoms with Crippen LogP contribution in [0, 0.1) is 0 Å². The van der Waals surface area contributed by atoms with Gasteiger partial charge in [-0.1, -0.05) is 18.7 Å². The highest BCUT2D eigenvalue weighted by Gasteiger charge is 2.22. The molecule has 1 unspecified atom stereocenters. The first-order valence-corrected chi connectivity index (χ1v) is 9.16. The van der Waals surface area contributed by atoms with Crippen LogP contribution in [0.25, 0.3) is 6.08 Å². The number of rotatable bonds is 13. The van der Waals surface area contributed by atoms with Crippen LogP contribution in [-0.4, -0.2) is 37.9 Å². The molecule has 0 saturated carbocycles. The van der Waals surface area contributed by atoms with Gasteiger partial charge in [-0.25, -0.2) is 18.4 Å². The Balaban J connectivity index is 2.20. The summed E-state index contributed by atoms with van der Waals surface area (Å²) < 4.78 is 51.0. The highest BCUT2D eigenvalue weighted by atomic mass is 19.3. The van der Waals surface area contributed by atoms with Gasteiger partial charge in [0.1, 0.15) is 5.75 Å². The second kappa shape index (κ2) is 13.4. The molecular formula is C21H25F3O5. The van der Waals surface area contributed by atoms with Crippen LogP contribution < -0.4 is 4.74 Å². The molecule has 0 aliphatic carbocycles. The first-order chi connectivity index (χ1) is 13.8. The van der Waals surface area contributed by atoms with Gasteiger partial charge in [0.05, 0.1) is 13.2 Å². The average molecular weight is 414 g/mol. The maximum absolute atomic E-state index is 12.6. The molecule has 0 N–H and O–H groups in total. The molecule has 5 nitrogen and oxygen atoms in total. The molecule has 0 heterocycles. The van der Waals surface area contributed by atoms with Crippen LogP contribution in [0.5, 0.6) is 5.75 Å². The molecule has 0 aliphatic rings.